The van der Waals surface area contributed by atoms with Crippen LogP contribution in [0.1, 0.15) is 53.4 Å². The number of likely N-dealkylation sites (tertiary alicyclic amines) is 1. The van der Waals surface area contributed by atoms with Crippen LogP contribution in [0, 0.1) is 11.3 Å². The maximum absolute atomic E-state index is 3.59. The van der Waals surface area contributed by atoms with Gasteiger partial charge >= 0.3 is 0 Å². The highest BCUT2D eigenvalue weighted by Crippen LogP contribution is 2.42. The first-order chi connectivity index (χ1) is 7.99. The Bertz CT molecular complexity index is 247. The number of rotatable bonds is 4. The fourth-order valence-corrected chi connectivity index (χ4v) is 3.70. The van der Waals surface area contributed by atoms with Gasteiger partial charge in [-0.05, 0) is 43.7 Å². The molecule has 0 aromatic rings. The summed E-state index contributed by atoms with van der Waals surface area (Å²) in [5.74, 6) is 0.883. The zero-order valence-corrected chi connectivity index (χ0v) is 12.1. The fraction of sp³-hybridized carbons (Fsp3) is 1.00. The summed E-state index contributed by atoms with van der Waals surface area (Å²) < 4.78 is 0. The Balaban J connectivity index is 1.81. The highest BCUT2D eigenvalue weighted by molar-refractivity contribution is 4.94. The van der Waals surface area contributed by atoms with Gasteiger partial charge < -0.3 is 5.32 Å². The lowest BCUT2D eigenvalue weighted by molar-refractivity contribution is 0.135. The molecule has 0 amide bonds. The second-order valence-electron chi connectivity index (χ2n) is 7.11. The van der Waals surface area contributed by atoms with Crippen LogP contribution >= 0.6 is 0 Å². The van der Waals surface area contributed by atoms with Crippen LogP contribution < -0.4 is 5.32 Å². The molecule has 0 spiro atoms. The Morgan fingerprint density at radius 3 is 2.65 bits per heavy atom. The van der Waals surface area contributed by atoms with E-state index in [-0.39, 0.29) is 0 Å². The van der Waals surface area contributed by atoms with E-state index in [4.69, 9.17) is 0 Å². The van der Waals surface area contributed by atoms with Crippen LogP contribution in [-0.2, 0) is 0 Å². The van der Waals surface area contributed by atoms with E-state index >= 15 is 0 Å². The molecule has 2 atom stereocenters. The fourth-order valence-electron chi connectivity index (χ4n) is 3.70. The van der Waals surface area contributed by atoms with Gasteiger partial charge in [0.2, 0.25) is 0 Å². The lowest BCUT2D eigenvalue weighted by atomic mass is 9.86. The number of nitrogens with zero attached hydrogens (tertiary/aromatic N) is 1. The molecular weight excluding hydrogens is 208 g/mol. The first-order valence-electron chi connectivity index (χ1n) is 7.46. The minimum atomic E-state index is 0.556. The van der Waals surface area contributed by atoms with Crippen LogP contribution in [-0.4, -0.2) is 36.6 Å². The van der Waals surface area contributed by atoms with E-state index in [0.29, 0.717) is 11.5 Å². The molecule has 2 rings (SSSR count). The molecule has 0 radical (unpaired) electrons. The Labute approximate surface area is 107 Å². The van der Waals surface area contributed by atoms with Gasteiger partial charge in [0.05, 0.1) is 0 Å². The Kier molecular flexibility index (Phi) is 4.14. The van der Waals surface area contributed by atoms with Crippen LogP contribution in [0.15, 0.2) is 0 Å². The number of hydrogen-bond acceptors (Lipinski definition) is 2. The van der Waals surface area contributed by atoms with E-state index in [1.807, 2.05) is 0 Å². The first-order valence-corrected chi connectivity index (χ1v) is 7.46. The predicted molar refractivity (Wildman–Crippen MR) is 74.2 cm³/mol. The van der Waals surface area contributed by atoms with E-state index in [9.17, 15) is 0 Å². The van der Waals surface area contributed by atoms with Crippen molar-refractivity contribution >= 4 is 0 Å². The highest BCUT2D eigenvalue weighted by Gasteiger charge is 2.40. The monoisotopic (exact) mass is 238 g/mol. The molecule has 0 aromatic carbocycles. The average Bonchev–Trinajstić information content (AvgIpc) is 2.80. The van der Waals surface area contributed by atoms with Crippen molar-refractivity contribution in [1.82, 2.24) is 10.2 Å². The second-order valence-corrected chi connectivity index (χ2v) is 7.11. The summed E-state index contributed by atoms with van der Waals surface area (Å²) in [6.45, 7) is 13.3. The van der Waals surface area contributed by atoms with Gasteiger partial charge in [-0.15, -0.1) is 0 Å². The lowest BCUT2D eigenvalue weighted by Gasteiger charge is -2.35. The van der Waals surface area contributed by atoms with Crippen LogP contribution in [0.2, 0.25) is 0 Å². The van der Waals surface area contributed by atoms with Gasteiger partial charge in [-0.3, -0.25) is 4.90 Å². The van der Waals surface area contributed by atoms with E-state index in [2.05, 4.69) is 37.9 Å². The largest absolute Gasteiger partial charge is 0.314 e. The molecule has 2 nitrogen and oxygen atoms in total. The van der Waals surface area contributed by atoms with Crippen molar-refractivity contribution in [3.05, 3.63) is 0 Å². The third-order valence-electron chi connectivity index (χ3n) is 4.77. The van der Waals surface area contributed by atoms with E-state index in [1.54, 1.807) is 0 Å². The van der Waals surface area contributed by atoms with Gasteiger partial charge in [0.1, 0.15) is 0 Å². The third-order valence-corrected chi connectivity index (χ3v) is 4.77. The number of hydrogen-bond donors (Lipinski definition) is 1. The summed E-state index contributed by atoms with van der Waals surface area (Å²) in [5.41, 5.74) is 0.556. The predicted octanol–water partition coefficient (Wildman–Crippen LogP) is 2.89. The molecule has 1 saturated heterocycles. The third kappa shape index (κ3) is 3.23. The van der Waals surface area contributed by atoms with Crippen LogP contribution in [0.4, 0.5) is 0 Å². The summed E-state index contributed by atoms with van der Waals surface area (Å²) in [6.07, 6.45) is 5.68. The van der Waals surface area contributed by atoms with Crippen molar-refractivity contribution in [2.45, 2.75) is 65.5 Å². The summed E-state index contributed by atoms with van der Waals surface area (Å²) in [6, 6.07) is 1.48. The van der Waals surface area contributed by atoms with Gasteiger partial charge in [-0.2, -0.15) is 0 Å². The zero-order chi connectivity index (χ0) is 12.5. The van der Waals surface area contributed by atoms with Crippen molar-refractivity contribution < 1.29 is 0 Å². The average molecular weight is 238 g/mol. The van der Waals surface area contributed by atoms with Gasteiger partial charge in [0.25, 0.3) is 0 Å². The van der Waals surface area contributed by atoms with Crippen molar-refractivity contribution in [3.8, 4) is 0 Å². The molecule has 100 valence electrons. The molecule has 2 unspecified atom stereocenters. The summed E-state index contributed by atoms with van der Waals surface area (Å²) >= 11 is 0. The molecule has 2 aliphatic rings. The van der Waals surface area contributed by atoms with Crippen molar-refractivity contribution in [2.24, 2.45) is 11.3 Å². The molecule has 1 saturated carbocycles. The SMILES string of the molecule is CC(C)NCC1CCN(C2CCCC2(C)C)C1. The maximum atomic E-state index is 3.59. The highest BCUT2D eigenvalue weighted by atomic mass is 15.2. The van der Waals surface area contributed by atoms with Gasteiger partial charge in [-0.25, -0.2) is 0 Å². The molecule has 17 heavy (non-hydrogen) atoms. The minimum absolute atomic E-state index is 0.556. The van der Waals surface area contributed by atoms with Crippen molar-refractivity contribution in [3.63, 3.8) is 0 Å². The molecule has 1 N–H and O–H groups in total. The molecule has 1 aliphatic carbocycles. The van der Waals surface area contributed by atoms with Crippen LogP contribution in [0.5, 0.6) is 0 Å². The second kappa shape index (κ2) is 5.27. The van der Waals surface area contributed by atoms with Crippen LogP contribution in [0.25, 0.3) is 0 Å². The Morgan fingerprint density at radius 1 is 1.29 bits per heavy atom. The summed E-state index contributed by atoms with van der Waals surface area (Å²) in [4.78, 5) is 2.78. The maximum Gasteiger partial charge on any atom is 0.0146 e. The topological polar surface area (TPSA) is 15.3 Å². The quantitative estimate of drug-likeness (QED) is 0.810. The van der Waals surface area contributed by atoms with Gasteiger partial charge in [0.15, 0.2) is 0 Å². The number of nitrogens with one attached hydrogen (secondary N) is 1. The normalized spacial score (nSPS) is 33.7. The van der Waals surface area contributed by atoms with Crippen molar-refractivity contribution in [1.29, 1.82) is 0 Å². The van der Waals surface area contributed by atoms with Crippen molar-refractivity contribution in [2.75, 3.05) is 19.6 Å². The molecule has 1 aliphatic heterocycles. The molecular formula is C15H30N2. The summed E-state index contributed by atoms with van der Waals surface area (Å²) in [5, 5.41) is 3.59. The van der Waals surface area contributed by atoms with Gasteiger partial charge in [-0.1, -0.05) is 34.1 Å². The smallest absolute Gasteiger partial charge is 0.0146 e. The Hall–Kier alpha value is -0.0800. The van der Waals surface area contributed by atoms with E-state index in [1.165, 1.54) is 45.3 Å². The molecule has 1 heterocycles. The lowest BCUT2D eigenvalue weighted by Crippen LogP contribution is -2.41. The first kappa shape index (κ1) is 13.4. The van der Waals surface area contributed by atoms with E-state index in [0.717, 1.165) is 12.0 Å². The zero-order valence-electron chi connectivity index (χ0n) is 12.1. The van der Waals surface area contributed by atoms with E-state index < -0.39 is 0 Å². The minimum Gasteiger partial charge on any atom is -0.314 e. The molecule has 2 heteroatoms. The van der Waals surface area contributed by atoms with Gasteiger partial charge in [0, 0.05) is 18.6 Å². The van der Waals surface area contributed by atoms with Crippen LogP contribution in [0.3, 0.4) is 0 Å². The Morgan fingerprint density at radius 2 is 2.06 bits per heavy atom. The molecule has 0 bridgehead atoms. The molecule has 2 fully saturated rings. The summed E-state index contributed by atoms with van der Waals surface area (Å²) in [7, 11) is 0. The molecule has 0 aromatic heterocycles. The standard InChI is InChI=1S/C15H30N2/c1-12(2)16-10-13-7-9-17(11-13)14-6-5-8-15(14,3)4/h12-14,16H,5-11H2,1-4H3.